The van der Waals surface area contributed by atoms with Crippen LogP contribution in [0.15, 0.2) is 10.5 Å². The van der Waals surface area contributed by atoms with E-state index < -0.39 is 0 Å². The highest BCUT2D eigenvalue weighted by Crippen LogP contribution is 2.42. The molecule has 0 saturated carbocycles. The van der Waals surface area contributed by atoms with Crippen LogP contribution in [0.5, 0.6) is 0 Å². The molecule has 0 aromatic carbocycles. The van der Waals surface area contributed by atoms with Gasteiger partial charge in [0.2, 0.25) is 0 Å². The Morgan fingerprint density at radius 3 is 3.00 bits per heavy atom. The van der Waals surface area contributed by atoms with Crippen molar-refractivity contribution in [2.75, 3.05) is 11.5 Å². The maximum absolute atomic E-state index is 5.89. The molecule has 2 nitrogen and oxygen atoms in total. The number of hydrogen-bond acceptors (Lipinski definition) is 3. The third-order valence-corrected chi connectivity index (χ3v) is 5.27. The van der Waals surface area contributed by atoms with Crippen molar-refractivity contribution in [3.63, 3.8) is 0 Å². The first-order chi connectivity index (χ1) is 8.53. The van der Waals surface area contributed by atoms with Crippen molar-refractivity contribution in [2.24, 2.45) is 5.41 Å². The van der Waals surface area contributed by atoms with E-state index >= 15 is 0 Å². The lowest BCUT2D eigenvalue weighted by Gasteiger charge is -2.36. The lowest BCUT2D eigenvalue weighted by molar-refractivity contribution is 0.227. The number of rotatable bonds is 2. The number of aryl methyl sites for hydroxylation is 1. The van der Waals surface area contributed by atoms with E-state index in [1.54, 1.807) is 0 Å². The van der Waals surface area contributed by atoms with Gasteiger partial charge in [-0.25, -0.2) is 0 Å². The molecule has 1 N–H and O–H groups in total. The number of hydrogen-bond donors (Lipinski definition) is 1. The van der Waals surface area contributed by atoms with Crippen molar-refractivity contribution >= 4 is 11.8 Å². The summed E-state index contributed by atoms with van der Waals surface area (Å²) in [5.74, 6) is 4.85. The Kier molecular flexibility index (Phi) is 3.23. The first-order valence-corrected chi connectivity index (χ1v) is 8.12. The Labute approximate surface area is 114 Å². The monoisotopic (exact) mass is 265 g/mol. The van der Waals surface area contributed by atoms with Crippen LogP contribution in [0.4, 0.5) is 0 Å². The molecule has 1 aromatic rings. The molecule has 1 saturated heterocycles. The fourth-order valence-corrected chi connectivity index (χ4v) is 4.45. The molecule has 2 atom stereocenters. The molecule has 1 aliphatic carbocycles. The normalized spacial score (nSPS) is 30.4. The molecule has 1 fully saturated rings. The summed E-state index contributed by atoms with van der Waals surface area (Å²) in [7, 11) is 0. The van der Waals surface area contributed by atoms with E-state index in [-0.39, 0.29) is 0 Å². The van der Waals surface area contributed by atoms with Crippen molar-refractivity contribution in [1.82, 2.24) is 5.32 Å². The van der Waals surface area contributed by atoms with E-state index in [2.05, 4.69) is 43.9 Å². The predicted molar refractivity (Wildman–Crippen MR) is 77.2 cm³/mol. The van der Waals surface area contributed by atoms with Crippen LogP contribution in [0.1, 0.15) is 49.8 Å². The third-order valence-electron chi connectivity index (χ3n) is 4.10. The summed E-state index contributed by atoms with van der Waals surface area (Å²) in [5, 5.41) is 3.86. The minimum Gasteiger partial charge on any atom is -0.466 e. The first-order valence-electron chi connectivity index (χ1n) is 6.96. The predicted octanol–water partition coefficient (Wildman–Crippen LogP) is 3.70. The molecule has 0 amide bonds. The number of nitrogens with one attached hydrogen (secondary N) is 1. The molecule has 2 aliphatic rings. The fraction of sp³-hybridized carbons (Fsp3) is 0.733. The van der Waals surface area contributed by atoms with Crippen molar-refractivity contribution in [1.29, 1.82) is 0 Å². The third kappa shape index (κ3) is 2.48. The standard InChI is InChI=1S/C15H23NOS/c1-10-6-12-13(16-11-4-5-18-9-11)7-15(2,3)8-14(12)17-10/h6,11,13,16H,4-5,7-9H2,1-3H3. The summed E-state index contributed by atoms with van der Waals surface area (Å²) >= 11 is 2.07. The molecule has 3 rings (SSSR count). The molecule has 18 heavy (non-hydrogen) atoms. The van der Waals surface area contributed by atoms with E-state index in [0.717, 1.165) is 12.2 Å². The van der Waals surface area contributed by atoms with Gasteiger partial charge in [-0.2, -0.15) is 11.8 Å². The van der Waals surface area contributed by atoms with Gasteiger partial charge >= 0.3 is 0 Å². The van der Waals surface area contributed by atoms with Crippen molar-refractivity contribution < 1.29 is 4.42 Å². The van der Waals surface area contributed by atoms with Gasteiger partial charge in [0.1, 0.15) is 11.5 Å². The van der Waals surface area contributed by atoms with Gasteiger partial charge in [0.05, 0.1) is 0 Å². The molecular formula is C15H23NOS. The van der Waals surface area contributed by atoms with E-state index in [0.29, 0.717) is 17.5 Å². The SMILES string of the molecule is Cc1cc2c(o1)CC(C)(C)CC2NC1CCSC1. The summed E-state index contributed by atoms with van der Waals surface area (Å²) in [5.41, 5.74) is 1.77. The zero-order chi connectivity index (χ0) is 12.8. The van der Waals surface area contributed by atoms with Crippen LogP contribution in [0.25, 0.3) is 0 Å². The van der Waals surface area contributed by atoms with Gasteiger partial charge in [-0.1, -0.05) is 13.8 Å². The number of fused-ring (bicyclic) bond motifs is 1. The average molecular weight is 265 g/mol. The van der Waals surface area contributed by atoms with Gasteiger partial charge in [0, 0.05) is 29.8 Å². The molecular weight excluding hydrogens is 242 g/mol. The molecule has 1 aromatic heterocycles. The Balaban J connectivity index is 1.83. The van der Waals surface area contributed by atoms with Gasteiger partial charge in [-0.15, -0.1) is 0 Å². The van der Waals surface area contributed by atoms with Crippen LogP contribution >= 0.6 is 11.8 Å². The van der Waals surface area contributed by atoms with Crippen molar-refractivity contribution in [3.8, 4) is 0 Å². The Bertz CT molecular complexity index is 432. The fourth-order valence-electron chi connectivity index (χ4n) is 3.28. The van der Waals surface area contributed by atoms with Gasteiger partial charge in [0.25, 0.3) is 0 Å². The van der Waals surface area contributed by atoms with E-state index in [9.17, 15) is 0 Å². The van der Waals surface area contributed by atoms with E-state index in [4.69, 9.17) is 4.42 Å². The summed E-state index contributed by atoms with van der Waals surface area (Å²) in [6.45, 7) is 6.77. The molecule has 2 heterocycles. The quantitative estimate of drug-likeness (QED) is 0.882. The Morgan fingerprint density at radius 1 is 1.44 bits per heavy atom. The maximum atomic E-state index is 5.89. The largest absolute Gasteiger partial charge is 0.466 e. The van der Waals surface area contributed by atoms with Gasteiger partial charge in [-0.3, -0.25) is 0 Å². The molecule has 3 heteroatoms. The highest BCUT2D eigenvalue weighted by Gasteiger charge is 2.35. The van der Waals surface area contributed by atoms with Crippen LogP contribution in [0.3, 0.4) is 0 Å². The highest BCUT2D eigenvalue weighted by molar-refractivity contribution is 7.99. The summed E-state index contributed by atoms with van der Waals surface area (Å²) < 4.78 is 5.89. The van der Waals surface area contributed by atoms with Crippen LogP contribution in [-0.4, -0.2) is 17.5 Å². The lowest BCUT2D eigenvalue weighted by atomic mass is 9.74. The topological polar surface area (TPSA) is 25.2 Å². The van der Waals surface area contributed by atoms with E-state index in [1.165, 1.54) is 35.7 Å². The van der Waals surface area contributed by atoms with E-state index in [1.807, 2.05) is 0 Å². The van der Waals surface area contributed by atoms with Gasteiger partial charge < -0.3 is 9.73 Å². The second-order valence-corrected chi connectivity index (χ2v) is 7.71. The molecule has 0 radical (unpaired) electrons. The van der Waals surface area contributed by atoms with Gasteiger partial charge in [-0.05, 0) is 37.0 Å². The van der Waals surface area contributed by atoms with Crippen LogP contribution in [-0.2, 0) is 6.42 Å². The molecule has 2 unspecified atom stereocenters. The van der Waals surface area contributed by atoms with Gasteiger partial charge in [0.15, 0.2) is 0 Å². The summed E-state index contributed by atoms with van der Waals surface area (Å²) in [6.07, 6.45) is 3.61. The second kappa shape index (κ2) is 4.61. The summed E-state index contributed by atoms with van der Waals surface area (Å²) in [4.78, 5) is 0. The number of thioether (sulfide) groups is 1. The van der Waals surface area contributed by atoms with Crippen LogP contribution in [0, 0.1) is 12.3 Å². The average Bonchev–Trinajstić information content (AvgIpc) is 2.85. The maximum Gasteiger partial charge on any atom is 0.109 e. The first kappa shape index (κ1) is 12.6. The molecule has 0 spiro atoms. The lowest BCUT2D eigenvalue weighted by Crippen LogP contribution is -2.38. The van der Waals surface area contributed by atoms with Crippen molar-refractivity contribution in [3.05, 3.63) is 23.2 Å². The zero-order valence-electron chi connectivity index (χ0n) is 11.6. The molecule has 100 valence electrons. The van der Waals surface area contributed by atoms with Crippen LogP contribution in [0.2, 0.25) is 0 Å². The highest BCUT2D eigenvalue weighted by atomic mass is 32.2. The van der Waals surface area contributed by atoms with Crippen molar-refractivity contribution in [2.45, 2.75) is 52.1 Å². The molecule has 0 bridgehead atoms. The Hall–Kier alpha value is -0.410. The smallest absolute Gasteiger partial charge is 0.109 e. The zero-order valence-corrected chi connectivity index (χ0v) is 12.4. The Morgan fingerprint density at radius 2 is 2.28 bits per heavy atom. The van der Waals surface area contributed by atoms with Crippen LogP contribution < -0.4 is 5.32 Å². The molecule has 1 aliphatic heterocycles. The minimum absolute atomic E-state index is 0.348. The minimum atomic E-state index is 0.348. The summed E-state index contributed by atoms with van der Waals surface area (Å²) in [6, 6.07) is 3.42. The number of furan rings is 1. The second-order valence-electron chi connectivity index (χ2n) is 6.56.